The molecule has 0 saturated carbocycles. The molecule has 0 aliphatic heterocycles. The van der Waals surface area contributed by atoms with Crippen LogP contribution in [0, 0.1) is 5.41 Å². The average molecular weight is 210 g/mol. The minimum Gasteiger partial charge on any atom is -0.481 e. The predicted molar refractivity (Wildman–Crippen MR) is 55.4 cm³/mol. The summed E-state index contributed by atoms with van der Waals surface area (Å²) in [5, 5.41) is 8.95. The fourth-order valence-electron chi connectivity index (χ4n) is 1.13. The second-order valence-corrected chi connectivity index (χ2v) is 3.56. The highest BCUT2D eigenvalue weighted by molar-refractivity contribution is 5.97. The van der Waals surface area contributed by atoms with E-state index in [4.69, 9.17) is 5.11 Å². The number of aliphatic carboxylic acids is 1. The standard InChI is InChI=1S/C11H14O4/c1-4-8(12)6-11(3,10(14)15)7-9(13)5-2/h4-5H,1-2,6-7H2,3H3,(H,14,15). The predicted octanol–water partition coefficient (Wildman–Crippen LogP) is 1.37. The molecule has 15 heavy (non-hydrogen) atoms. The van der Waals surface area contributed by atoms with Gasteiger partial charge in [-0.25, -0.2) is 0 Å². The van der Waals surface area contributed by atoms with Gasteiger partial charge in [0, 0.05) is 12.8 Å². The van der Waals surface area contributed by atoms with E-state index in [0.29, 0.717) is 0 Å². The normalized spacial score (nSPS) is 10.5. The molecule has 0 aliphatic rings. The Hall–Kier alpha value is -1.71. The highest BCUT2D eigenvalue weighted by Crippen LogP contribution is 2.27. The lowest BCUT2D eigenvalue weighted by atomic mass is 9.80. The molecule has 0 radical (unpaired) electrons. The summed E-state index contributed by atoms with van der Waals surface area (Å²) < 4.78 is 0. The van der Waals surface area contributed by atoms with E-state index in [1.165, 1.54) is 6.92 Å². The Morgan fingerprint density at radius 3 is 1.67 bits per heavy atom. The zero-order chi connectivity index (χ0) is 12.1. The van der Waals surface area contributed by atoms with Crippen LogP contribution in [0.5, 0.6) is 0 Å². The van der Waals surface area contributed by atoms with Crippen LogP contribution in [0.2, 0.25) is 0 Å². The lowest BCUT2D eigenvalue weighted by Gasteiger charge is -2.21. The van der Waals surface area contributed by atoms with Gasteiger partial charge >= 0.3 is 5.97 Å². The third-order valence-corrected chi connectivity index (χ3v) is 2.10. The molecule has 0 amide bonds. The Balaban J connectivity index is 4.81. The topological polar surface area (TPSA) is 71.4 Å². The molecule has 1 N–H and O–H groups in total. The summed E-state index contributed by atoms with van der Waals surface area (Å²) in [6.07, 6.45) is 1.65. The Morgan fingerprint density at radius 1 is 1.13 bits per heavy atom. The number of rotatable bonds is 7. The smallest absolute Gasteiger partial charge is 0.310 e. The molecule has 0 bridgehead atoms. The maximum atomic E-state index is 11.1. The maximum absolute atomic E-state index is 11.1. The Bertz CT molecular complexity index is 293. The molecule has 0 heterocycles. The lowest BCUT2D eigenvalue weighted by Crippen LogP contribution is -2.32. The van der Waals surface area contributed by atoms with Gasteiger partial charge in [0.05, 0.1) is 5.41 Å². The van der Waals surface area contributed by atoms with Crippen molar-refractivity contribution in [2.75, 3.05) is 0 Å². The summed E-state index contributed by atoms with van der Waals surface area (Å²) in [6, 6.07) is 0. The number of ketones is 2. The first-order valence-corrected chi connectivity index (χ1v) is 4.39. The van der Waals surface area contributed by atoms with Gasteiger partial charge in [0.25, 0.3) is 0 Å². The fourth-order valence-corrected chi connectivity index (χ4v) is 1.13. The van der Waals surface area contributed by atoms with Gasteiger partial charge in [-0.3, -0.25) is 14.4 Å². The van der Waals surface area contributed by atoms with Crippen molar-refractivity contribution in [2.24, 2.45) is 5.41 Å². The number of carbonyl (C=O) groups excluding carboxylic acids is 2. The molecule has 0 rings (SSSR count). The van der Waals surface area contributed by atoms with Crippen molar-refractivity contribution < 1.29 is 19.5 Å². The van der Waals surface area contributed by atoms with Crippen molar-refractivity contribution >= 4 is 17.5 Å². The molecule has 0 fully saturated rings. The number of carboxylic acids is 1. The van der Waals surface area contributed by atoms with E-state index < -0.39 is 23.0 Å². The third-order valence-electron chi connectivity index (χ3n) is 2.10. The molecule has 0 saturated heterocycles. The zero-order valence-electron chi connectivity index (χ0n) is 8.66. The van der Waals surface area contributed by atoms with Crippen LogP contribution in [-0.2, 0) is 14.4 Å². The number of carboxylic acid groups (broad SMARTS) is 1. The summed E-state index contributed by atoms with van der Waals surface area (Å²) in [4.78, 5) is 33.1. The second kappa shape index (κ2) is 5.24. The van der Waals surface area contributed by atoms with Crippen molar-refractivity contribution in [3.05, 3.63) is 25.3 Å². The molecule has 4 nitrogen and oxygen atoms in total. The van der Waals surface area contributed by atoms with Crippen LogP contribution >= 0.6 is 0 Å². The van der Waals surface area contributed by atoms with Crippen LogP contribution in [-0.4, -0.2) is 22.6 Å². The van der Waals surface area contributed by atoms with Crippen LogP contribution in [0.15, 0.2) is 25.3 Å². The molecule has 4 heteroatoms. The summed E-state index contributed by atoms with van der Waals surface area (Å²) >= 11 is 0. The third kappa shape index (κ3) is 3.89. The molecule has 82 valence electrons. The van der Waals surface area contributed by atoms with Crippen molar-refractivity contribution in [1.29, 1.82) is 0 Å². The van der Waals surface area contributed by atoms with Gasteiger partial charge in [-0.2, -0.15) is 0 Å². The van der Waals surface area contributed by atoms with E-state index in [0.717, 1.165) is 12.2 Å². The SMILES string of the molecule is C=CC(=O)CC(C)(CC(=O)C=C)C(=O)O. The van der Waals surface area contributed by atoms with E-state index in [9.17, 15) is 14.4 Å². The van der Waals surface area contributed by atoms with Crippen LogP contribution < -0.4 is 0 Å². The molecular formula is C11H14O4. The van der Waals surface area contributed by atoms with Gasteiger partial charge in [-0.1, -0.05) is 13.2 Å². The molecule has 0 atom stereocenters. The molecule has 0 aromatic carbocycles. The van der Waals surface area contributed by atoms with Crippen molar-refractivity contribution in [2.45, 2.75) is 19.8 Å². The van der Waals surface area contributed by atoms with E-state index in [2.05, 4.69) is 13.2 Å². The van der Waals surface area contributed by atoms with Crippen LogP contribution in [0.1, 0.15) is 19.8 Å². The number of hydrogen-bond donors (Lipinski definition) is 1. The maximum Gasteiger partial charge on any atom is 0.310 e. The van der Waals surface area contributed by atoms with Crippen LogP contribution in [0.25, 0.3) is 0 Å². The summed E-state index contributed by atoms with van der Waals surface area (Å²) in [7, 11) is 0. The van der Waals surface area contributed by atoms with E-state index in [1.54, 1.807) is 0 Å². The first-order chi connectivity index (χ1) is 6.85. The van der Waals surface area contributed by atoms with Crippen LogP contribution in [0.3, 0.4) is 0 Å². The minimum atomic E-state index is -1.38. The van der Waals surface area contributed by atoms with Gasteiger partial charge in [0.15, 0.2) is 11.6 Å². The highest BCUT2D eigenvalue weighted by atomic mass is 16.4. The first kappa shape index (κ1) is 13.3. The summed E-state index contributed by atoms with van der Waals surface area (Å²) in [5.41, 5.74) is -1.38. The zero-order valence-corrected chi connectivity index (χ0v) is 8.66. The van der Waals surface area contributed by atoms with Crippen molar-refractivity contribution in [3.63, 3.8) is 0 Å². The average Bonchev–Trinajstić information content (AvgIpc) is 2.16. The molecule has 0 aromatic heterocycles. The molecule has 0 aromatic rings. The highest BCUT2D eigenvalue weighted by Gasteiger charge is 2.36. The Kier molecular flexibility index (Phi) is 4.64. The quantitative estimate of drug-likeness (QED) is 0.644. The van der Waals surface area contributed by atoms with E-state index >= 15 is 0 Å². The fraction of sp³-hybridized carbons (Fsp3) is 0.364. The summed E-state index contributed by atoms with van der Waals surface area (Å²) in [6.45, 7) is 7.87. The van der Waals surface area contributed by atoms with Gasteiger partial charge in [-0.15, -0.1) is 0 Å². The largest absolute Gasteiger partial charge is 0.481 e. The number of allylic oxidation sites excluding steroid dienone is 2. The van der Waals surface area contributed by atoms with E-state index in [-0.39, 0.29) is 12.8 Å². The van der Waals surface area contributed by atoms with Gasteiger partial charge < -0.3 is 5.11 Å². The first-order valence-electron chi connectivity index (χ1n) is 4.39. The van der Waals surface area contributed by atoms with E-state index in [1.807, 2.05) is 0 Å². The van der Waals surface area contributed by atoms with Gasteiger partial charge in [-0.05, 0) is 19.1 Å². The van der Waals surface area contributed by atoms with Crippen molar-refractivity contribution in [3.8, 4) is 0 Å². The molecule has 0 spiro atoms. The van der Waals surface area contributed by atoms with Gasteiger partial charge in [0.1, 0.15) is 0 Å². The monoisotopic (exact) mass is 210 g/mol. The molecular weight excluding hydrogens is 196 g/mol. The molecule has 0 unspecified atom stereocenters. The Labute approximate surface area is 88.3 Å². The second-order valence-electron chi connectivity index (χ2n) is 3.56. The minimum absolute atomic E-state index is 0.231. The molecule has 0 aliphatic carbocycles. The number of hydrogen-bond acceptors (Lipinski definition) is 3. The van der Waals surface area contributed by atoms with Gasteiger partial charge in [0.2, 0.25) is 0 Å². The summed E-state index contributed by atoms with van der Waals surface area (Å²) in [5.74, 6) is -1.96. The van der Waals surface area contributed by atoms with Crippen molar-refractivity contribution in [1.82, 2.24) is 0 Å². The number of carbonyl (C=O) groups is 3. The Morgan fingerprint density at radius 2 is 1.47 bits per heavy atom. The lowest BCUT2D eigenvalue weighted by molar-refractivity contribution is -0.151. The van der Waals surface area contributed by atoms with Crippen LogP contribution in [0.4, 0.5) is 0 Å².